The zero-order valence-electron chi connectivity index (χ0n) is 15.8. The van der Waals surface area contributed by atoms with Gasteiger partial charge >= 0.3 is 0 Å². The van der Waals surface area contributed by atoms with E-state index in [-0.39, 0.29) is 11.9 Å². The Bertz CT molecular complexity index is 829. The highest BCUT2D eigenvalue weighted by Gasteiger charge is 2.25. The molecule has 1 N–H and O–H groups in total. The van der Waals surface area contributed by atoms with Crippen LogP contribution in [0.15, 0.2) is 12.3 Å². The Morgan fingerprint density at radius 3 is 2.63 bits per heavy atom. The minimum atomic E-state index is -0.109. The van der Waals surface area contributed by atoms with E-state index in [4.69, 9.17) is 27.9 Å². The SMILES string of the molecule is COc1c(Cl)c(C)nn1C[C@H]1CC[C@H](NC(=O)c2cc(Cl)cnc2C)CC1. The van der Waals surface area contributed by atoms with Crippen LogP contribution in [0, 0.1) is 19.8 Å². The normalized spacial score (nSPS) is 19.7. The van der Waals surface area contributed by atoms with E-state index in [0.29, 0.717) is 33.1 Å². The van der Waals surface area contributed by atoms with Gasteiger partial charge in [-0.1, -0.05) is 23.2 Å². The van der Waals surface area contributed by atoms with Crippen molar-refractivity contribution in [1.29, 1.82) is 0 Å². The molecule has 6 nitrogen and oxygen atoms in total. The van der Waals surface area contributed by atoms with Crippen LogP contribution in [0.25, 0.3) is 0 Å². The Labute approximate surface area is 169 Å². The molecule has 3 rings (SSSR count). The molecule has 1 saturated carbocycles. The minimum absolute atomic E-state index is 0.109. The van der Waals surface area contributed by atoms with Crippen LogP contribution in [-0.4, -0.2) is 33.8 Å². The second-order valence-electron chi connectivity index (χ2n) is 7.07. The Morgan fingerprint density at radius 2 is 1.96 bits per heavy atom. The molecule has 0 aliphatic heterocycles. The average Bonchev–Trinajstić information content (AvgIpc) is 2.91. The van der Waals surface area contributed by atoms with Gasteiger partial charge in [-0.15, -0.1) is 0 Å². The van der Waals surface area contributed by atoms with Crippen molar-refractivity contribution in [2.45, 2.75) is 52.1 Å². The fourth-order valence-corrected chi connectivity index (χ4v) is 3.96. The van der Waals surface area contributed by atoms with E-state index >= 15 is 0 Å². The third kappa shape index (κ3) is 4.55. The Morgan fingerprint density at radius 1 is 1.26 bits per heavy atom. The summed E-state index contributed by atoms with van der Waals surface area (Å²) >= 11 is 12.2. The third-order valence-electron chi connectivity index (χ3n) is 5.12. The van der Waals surface area contributed by atoms with E-state index in [1.165, 1.54) is 0 Å². The van der Waals surface area contributed by atoms with Crippen LogP contribution in [0.1, 0.15) is 47.4 Å². The summed E-state index contributed by atoms with van der Waals surface area (Å²) in [5.41, 5.74) is 2.00. The number of ether oxygens (including phenoxy) is 1. The van der Waals surface area contributed by atoms with Crippen molar-refractivity contribution in [3.05, 3.63) is 39.3 Å². The number of hydrogen-bond acceptors (Lipinski definition) is 4. The summed E-state index contributed by atoms with van der Waals surface area (Å²) in [4.78, 5) is 16.7. The molecule has 1 aliphatic carbocycles. The Hall–Kier alpha value is -1.79. The maximum absolute atomic E-state index is 12.5. The van der Waals surface area contributed by atoms with Crippen LogP contribution in [-0.2, 0) is 6.54 Å². The molecule has 0 saturated heterocycles. The van der Waals surface area contributed by atoms with Crippen LogP contribution in [0.2, 0.25) is 10.0 Å². The molecule has 0 radical (unpaired) electrons. The van der Waals surface area contributed by atoms with Crippen molar-refractivity contribution < 1.29 is 9.53 Å². The van der Waals surface area contributed by atoms with Gasteiger partial charge in [0.05, 0.1) is 29.1 Å². The monoisotopic (exact) mass is 410 g/mol. The number of nitrogens with one attached hydrogen (secondary N) is 1. The highest BCUT2D eigenvalue weighted by molar-refractivity contribution is 6.32. The number of rotatable bonds is 5. The quantitative estimate of drug-likeness (QED) is 0.801. The Kier molecular flexibility index (Phi) is 6.27. The molecule has 2 aromatic rings. The molecule has 2 aromatic heterocycles. The summed E-state index contributed by atoms with van der Waals surface area (Å²) in [6.45, 7) is 4.46. The first-order valence-electron chi connectivity index (χ1n) is 9.09. The van der Waals surface area contributed by atoms with Gasteiger partial charge in [0.25, 0.3) is 5.91 Å². The maximum atomic E-state index is 12.5. The number of aryl methyl sites for hydroxylation is 2. The van der Waals surface area contributed by atoms with E-state index in [0.717, 1.165) is 37.9 Å². The molecule has 146 valence electrons. The lowest BCUT2D eigenvalue weighted by molar-refractivity contribution is 0.0918. The van der Waals surface area contributed by atoms with Crippen molar-refractivity contribution in [2.75, 3.05) is 7.11 Å². The first kappa shape index (κ1) is 20.0. The number of carbonyl (C=O) groups is 1. The van der Waals surface area contributed by atoms with Crippen LogP contribution in [0.3, 0.4) is 0 Å². The summed E-state index contributed by atoms with van der Waals surface area (Å²) < 4.78 is 7.23. The van der Waals surface area contributed by atoms with Gasteiger partial charge < -0.3 is 10.1 Å². The summed E-state index contributed by atoms with van der Waals surface area (Å²) in [7, 11) is 1.61. The molecule has 2 heterocycles. The number of pyridine rings is 1. The molecular weight excluding hydrogens is 387 g/mol. The van der Waals surface area contributed by atoms with Gasteiger partial charge in [-0.05, 0) is 51.5 Å². The predicted octanol–water partition coefficient (Wildman–Crippen LogP) is 4.20. The molecule has 1 amide bonds. The first-order chi connectivity index (χ1) is 12.9. The van der Waals surface area contributed by atoms with Gasteiger partial charge in [0, 0.05) is 18.8 Å². The van der Waals surface area contributed by atoms with Crippen molar-refractivity contribution in [3.8, 4) is 5.88 Å². The molecular formula is C19H24Cl2N4O2. The zero-order valence-corrected chi connectivity index (χ0v) is 17.3. The lowest BCUT2D eigenvalue weighted by atomic mass is 9.86. The smallest absolute Gasteiger partial charge is 0.253 e. The molecule has 0 spiro atoms. The second kappa shape index (κ2) is 8.48. The summed E-state index contributed by atoms with van der Waals surface area (Å²) in [6.07, 6.45) is 5.44. The van der Waals surface area contributed by atoms with Crippen LogP contribution >= 0.6 is 23.2 Å². The van der Waals surface area contributed by atoms with Crippen LogP contribution in [0.4, 0.5) is 0 Å². The van der Waals surface area contributed by atoms with Crippen molar-refractivity contribution in [2.24, 2.45) is 5.92 Å². The topological polar surface area (TPSA) is 69.0 Å². The van der Waals surface area contributed by atoms with Crippen molar-refractivity contribution in [1.82, 2.24) is 20.1 Å². The van der Waals surface area contributed by atoms with Gasteiger partial charge in [-0.3, -0.25) is 9.78 Å². The number of nitrogens with zero attached hydrogens (tertiary/aromatic N) is 3. The summed E-state index contributed by atoms with van der Waals surface area (Å²) in [6, 6.07) is 1.83. The van der Waals surface area contributed by atoms with Crippen LogP contribution < -0.4 is 10.1 Å². The number of methoxy groups -OCH3 is 1. The minimum Gasteiger partial charge on any atom is -0.480 e. The summed E-state index contributed by atoms with van der Waals surface area (Å²) in [5.74, 6) is 0.993. The molecule has 0 atom stereocenters. The molecule has 1 aliphatic rings. The first-order valence-corrected chi connectivity index (χ1v) is 9.84. The Balaban J connectivity index is 1.55. The summed E-state index contributed by atoms with van der Waals surface area (Å²) in [5, 5.41) is 8.63. The highest BCUT2D eigenvalue weighted by atomic mass is 35.5. The number of amides is 1. The zero-order chi connectivity index (χ0) is 19.6. The largest absolute Gasteiger partial charge is 0.480 e. The van der Waals surface area contributed by atoms with E-state index < -0.39 is 0 Å². The standard InChI is InChI=1S/C19H24Cl2N4O2/c1-11-16(8-14(20)9-22-11)18(26)23-15-6-4-13(5-7-15)10-25-19(27-3)17(21)12(2)24-25/h8-9,13,15H,4-7,10H2,1-3H3,(H,23,26)/t13-,15-. The lowest BCUT2D eigenvalue weighted by Gasteiger charge is -2.29. The third-order valence-corrected chi connectivity index (χ3v) is 5.76. The fourth-order valence-electron chi connectivity index (χ4n) is 3.59. The van der Waals surface area contributed by atoms with Gasteiger partial charge in [0.1, 0.15) is 5.02 Å². The average molecular weight is 411 g/mol. The molecule has 1 fully saturated rings. The van der Waals surface area contributed by atoms with Gasteiger partial charge in [-0.2, -0.15) is 5.10 Å². The molecule has 8 heteroatoms. The van der Waals surface area contributed by atoms with Crippen LogP contribution in [0.5, 0.6) is 5.88 Å². The van der Waals surface area contributed by atoms with Crippen molar-refractivity contribution in [3.63, 3.8) is 0 Å². The van der Waals surface area contributed by atoms with Gasteiger partial charge in [-0.25, -0.2) is 4.68 Å². The van der Waals surface area contributed by atoms with E-state index in [9.17, 15) is 4.79 Å². The molecule has 27 heavy (non-hydrogen) atoms. The predicted molar refractivity (Wildman–Crippen MR) is 106 cm³/mol. The fraction of sp³-hybridized carbons (Fsp3) is 0.526. The van der Waals surface area contributed by atoms with Crippen molar-refractivity contribution >= 4 is 29.1 Å². The molecule has 0 aromatic carbocycles. The van der Waals surface area contributed by atoms with E-state index in [2.05, 4.69) is 15.4 Å². The number of aromatic nitrogens is 3. The number of carbonyl (C=O) groups excluding carboxylic acids is 1. The van der Waals surface area contributed by atoms with E-state index in [1.54, 1.807) is 19.4 Å². The highest BCUT2D eigenvalue weighted by Crippen LogP contribution is 2.31. The van der Waals surface area contributed by atoms with Gasteiger partial charge in [0.2, 0.25) is 5.88 Å². The molecule has 0 unspecified atom stereocenters. The lowest BCUT2D eigenvalue weighted by Crippen LogP contribution is -2.38. The van der Waals surface area contributed by atoms with E-state index in [1.807, 2.05) is 18.5 Å². The molecule has 0 bridgehead atoms. The number of halogens is 2. The number of hydrogen-bond donors (Lipinski definition) is 1. The van der Waals surface area contributed by atoms with Gasteiger partial charge in [0.15, 0.2) is 0 Å². The second-order valence-corrected chi connectivity index (χ2v) is 7.88. The maximum Gasteiger partial charge on any atom is 0.253 e.